The fourth-order valence-corrected chi connectivity index (χ4v) is 4.75. The van der Waals surface area contributed by atoms with Crippen molar-refractivity contribution in [2.45, 2.75) is 20.8 Å². The van der Waals surface area contributed by atoms with Crippen molar-refractivity contribution in [3.63, 3.8) is 0 Å². The first-order valence-electron chi connectivity index (χ1n) is 6.29. The number of aromatic amines is 1. The number of halogens is 3. The van der Waals surface area contributed by atoms with E-state index in [9.17, 15) is 4.79 Å². The zero-order chi connectivity index (χ0) is 15.5. The van der Waals surface area contributed by atoms with E-state index < -0.39 is 0 Å². The molecule has 6 heteroatoms. The van der Waals surface area contributed by atoms with Gasteiger partial charge in [0, 0.05) is 16.3 Å². The summed E-state index contributed by atoms with van der Waals surface area (Å²) in [5.74, 6) is 0. The number of imidazole rings is 1. The van der Waals surface area contributed by atoms with E-state index in [4.69, 9.17) is 0 Å². The molecule has 1 heterocycles. The lowest BCUT2D eigenvalue weighted by Crippen LogP contribution is -1.99. The van der Waals surface area contributed by atoms with Gasteiger partial charge < -0.3 is 4.98 Å². The van der Waals surface area contributed by atoms with Crippen LogP contribution in [0.4, 0.5) is 0 Å². The number of nitrogens with one attached hydrogen (secondary N) is 1. The Hall–Kier alpha value is -0.720. The molecule has 0 atom stereocenters. The van der Waals surface area contributed by atoms with Gasteiger partial charge in [0.1, 0.15) is 5.52 Å². The van der Waals surface area contributed by atoms with Crippen LogP contribution in [0.2, 0.25) is 0 Å². The molecule has 1 N–H and O–H groups in total. The van der Waals surface area contributed by atoms with Gasteiger partial charge >= 0.3 is 0 Å². The molecule has 0 saturated heterocycles. The summed E-state index contributed by atoms with van der Waals surface area (Å²) in [6.07, 6.45) is 0.933. The molecule has 3 aromatic rings. The van der Waals surface area contributed by atoms with E-state index in [2.05, 4.69) is 57.8 Å². The Balaban J connectivity index is 2.72. The number of carbonyl (C=O) groups excluding carboxylic acids is 1. The van der Waals surface area contributed by atoms with E-state index in [-0.39, 0.29) is 0 Å². The van der Waals surface area contributed by atoms with E-state index in [0.717, 1.165) is 59.3 Å². The number of nitrogens with zero attached hydrogens (tertiary/aromatic N) is 1. The van der Waals surface area contributed by atoms with Crippen molar-refractivity contribution >= 4 is 75.9 Å². The van der Waals surface area contributed by atoms with Gasteiger partial charge in [-0.25, -0.2) is 4.98 Å². The van der Waals surface area contributed by atoms with Crippen LogP contribution >= 0.6 is 47.8 Å². The molecular weight excluding hydrogens is 464 g/mol. The summed E-state index contributed by atoms with van der Waals surface area (Å²) in [6, 6.07) is 0. The number of H-pyrrole nitrogens is 1. The number of hydrogen-bond acceptors (Lipinski definition) is 2. The highest BCUT2D eigenvalue weighted by Crippen LogP contribution is 2.43. The van der Waals surface area contributed by atoms with Crippen LogP contribution in [-0.4, -0.2) is 16.3 Å². The van der Waals surface area contributed by atoms with Gasteiger partial charge in [-0.15, -0.1) is 0 Å². The van der Waals surface area contributed by atoms with Crippen molar-refractivity contribution in [2.75, 3.05) is 0 Å². The highest BCUT2D eigenvalue weighted by molar-refractivity contribution is 9.11. The normalized spacial score (nSPS) is 11.5. The van der Waals surface area contributed by atoms with Gasteiger partial charge in [-0.1, -0.05) is 0 Å². The summed E-state index contributed by atoms with van der Waals surface area (Å²) in [6.45, 7) is 6.00. The second-order valence-electron chi connectivity index (χ2n) is 5.04. The van der Waals surface area contributed by atoms with Crippen LogP contribution in [0.15, 0.2) is 13.7 Å². The predicted octanol–water partition coefficient (Wildman–Crippen LogP) is 5.74. The Labute approximate surface area is 146 Å². The fourth-order valence-electron chi connectivity index (χ4n) is 2.81. The van der Waals surface area contributed by atoms with Crippen molar-refractivity contribution in [3.05, 3.63) is 35.9 Å². The van der Waals surface area contributed by atoms with Gasteiger partial charge in [0.05, 0.1) is 14.5 Å². The van der Waals surface area contributed by atoms with E-state index in [0.29, 0.717) is 4.73 Å². The SMILES string of the molecule is Cc1c(C=O)c(C)c2c(Br)c3nc(Br)[nH]c3c(Br)c2c1C. The maximum absolute atomic E-state index is 11.5. The quantitative estimate of drug-likeness (QED) is 0.457. The largest absolute Gasteiger partial charge is 0.332 e. The highest BCUT2D eigenvalue weighted by Gasteiger charge is 2.21. The lowest BCUT2D eigenvalue weighted by Gasteiger charge is -2.16. The van der Waals surface area contributed by atoms with Crippen LogP contribution in [0, 0.1) is 20.8 Å². The second-order valence-corrected chi connectivity index (χ2v) is 7.37. The lowest BCUT2D eigenvalue weighted by molar-refractivity contribution is 0.112. The molecule has 108 valence electrons. The van der Waals surface area contributed by atoms with Crippen molar-refractivity contribution < 1.29 is 4.79 Å². The number of hydrogen-bond donors (Lipinski definition) is 1. The molecular formula is C15H11Br3N2O. The molecule has 0 aliphatic carbocycles. The topological polar surface area (TPSA) is 45.8 Å². The number of benzene rings is 2. The predicted molar refractivity (Wildman–Crippen MR) is 96.3 cm³/mol. The Morgan fingerprint density at radius 3 is 2.19 bits per heavy atom. The van der Waals surface area contributed by atoms with Gasteiger partial charge in [0.2, 0.25) is 0 Å². The maximum Gasteiger partial charge on any atom is 0.175 e. The summed E-state index contributed by atoms with van der Waals surface area (Å²) >= 11 is 10.7. The Kier molecular flexibility index (Phi) is 3.74. The molecule has 0 amide bonds. The first-order valence-corrected chi connectivity index (χ1v) is 8.67. The van der Waals surface area contributed by atoms with Crippen LogP contribution in [0.3, 0.4) is 0 Å². The Morgan fingerprint density at radius 2 is 1.57 bits per heavy atom. The van der Waals surface area contributed by atoms with Gasteiger partial charge in [-0.2, -0.15) is 0 Å². The van der Waals surface area contributed by atoms with Gasteiger partial charge in [0.25, 0.3) is 0 Å². The van der Waals surface area contributed by atoms with Gasteiger partial charge in [0.15, 0.2) is 11.0 Å². The third-order valence-electron chi connectivity index (χ3n) is 4.03. The summed E-state index contributed by atoms with van der Waals surface area (Å²) in [5.41, 5.74) is 5.60. The third kappa shape index (κ3) is 2.03. The molecule has 3 nitrogen and oxygen atoms in total. The first-order chi connectivity index (χ1) is 9.88. The molecule has 0 radical (unpaired) electrons. The minimum absolute atomic E-state index is 0.678. The Bertz CT molecular complexity index is 928. The van der Waals surface area contributed by atoms with Crippen molar-refractivity contribution in [1.29, 1.82) is 0 Å². The molecule has 0 fully saturated rings. The Morgan fingerprint density at radius 1 is 0.952 bits per heavy atom. The average Bonchev–Trinajstić information content (AvgIpc) is 2.83. The third-order valence-corrected chi connectivity index (χ3v) is 5.97. The molecule has 0 aliphatic heterocycles. The minimum Gasteiger partial charge on any atom is -0.332 e. The molecule has 0 aliphatic rings. The second kappa shape index (κ2) is 5.18. The molecule has 2 aromatic carbocycles. The number of rotatable bonds is 1. The van der Waals surface area contributed by atoms with Crippen LogP contribution in [0.5, 0.6) is 0 Å². The zero-order valence-corrected chi connectivity index (χ0v) is 16.3. The van der Waals surface area contributed by atoms with E-state index in [1.165, 1.54) is 0 Å². The molecule has 0 unspecified atom stereocenters. The number of carbonyl (C=O) groups is 1. The van der Waals surface area contributed by atoms with Crippen LogP contribution < -0.4 is 0 Å². The maximum atomic E-state index is 11.5. The summed E-state index contributed by atoms with van der Waals surface area (Å²) in [5, 5.41) is 2.13. The molecule has 0 spiro atoms. The van der Waals surface area contributed by atoms with Crippen molar-refractivity contribution in [1.82, 2.24) is 9.97 Å². The van der Waals surface area contributed by atoms with Crippen LogP contribution in [-0.2, 0) is 0 Å². The summed E-state index contributed by atoms with van der Waals surface area (Å²) < 4.78 is 2.55. The molecule has 3 rings (SSSR count). The van der Waals surface area contributed by atoms with E-state index in [1.54, 1.807) is 0 Å². The van der Waals surface area contributed by atoms with Crippen LogP contribution in [0.25, 0.3) is 21.8 Å². The monoisotopic (exact) mass is 472 g/mol. The summed E-state index contributed by atoms with van der Waals surface area (Å²) in [7, 11) is 0. The number of fused-ring (bicyclic) bond motifs is 2. The van der Waals surface area contributed by atoms with Crippen molar-refractivity contribution in [3.8, 4) is 0 Å². The standard InChI is InChI=1S/C15H11Br3N2O/c1-5-6(2)9-10(7(3)8(5)4-21)12(17)14-13(11(9)16)19-15(18)20-14/h4H,1-3H3,(H,19,20). The number of aldehydes is 1. The van der Waals surface area contributed by atoms with Crippen molar-refractivity contribution in [2.24, 2.45) is 0 Å². The highest BCUT2D eigenvalue weighted by atomic mass is 79.9. The van der Waals surface area contributed by atoms with Gasteiger partial charge in [-0.3, -0.25) is 4.79 Å². The molecule has 0 saturated carbocycles. The summed E-state index contributed by atoms with van der Waals surface area (Å²) in [4.78, 5) is 19.1. The van der Waals surface area contributed by atoms with E-state index in [1.807, 2.05) is 20.8 Å². The van der Waals surface area contributed by atoms with E-state index >= 15 is 0 Å². The number of aromatic nitrogens is 2. The van der Waals surface area contributed by atoms with Crippen LogP contribution in [0.1, 0.15) is 27.0 Å². The molecule has 1 aromatic heterocycles. The molecule has 0 bridgehead atoms. The zero-order valence-electron chi connectivity index (χ0n) is 11.6. The first kappa shape index (κ1) is 15.2. The lowest BCUT2D eigenvalue weighted by atomic mass is 9.91. The fraction of sp³-hybridized carbons (Fsp3) is 0.200. The minimum atomic E-state index is 0.678. The average molecular weight is 475 g/mol. The van der Waals surface area contributed by atoms with Gasteiger partial charge in [-0.05, 0) is 85.3 Å². The number of aryl methyl sites for hydroxylation is 2. The smallest absolute Gasteiger partial charge is 0.175 e. The molecule has 21 heavy (non-hydrogen) atoms.